The summed E-state index contributed by atoms with van der Waals surface area (Å²) in [6.45, 7) is 13.9. The van der Waals surface area contributed by atoms with Gasteiger partial charge in [0.2, 0.25) is 0 Å². The highest BCUT2D eigenvalue weighted by Gasteiger charge is 2.02. The van der Waals surface area contributed by atoms with Crippen LogP contribution in [-0.2, 0) is 0 Å². The summed E-state index contributed by atoms with van der Waals surface area (Å²) in [5.74, 6) is 0. The quantitative estimate of drug-likeness (QED) is 0.0926. The Labute approximate surface area is 221 Å². The molecule has 0 spiro atoms. The second kappa shape index (κ2) is 23.4. The van der Waals surface area contributed by atoms with E-state index in [-0.39, 0.29) is 0 Å². The maximum Gasteiger partial charge on any atom is 0.0647 e. The van der Waals surface area contributed by atoms with Crippen molar-refractivity contribution in [3.8, 4) is 0 Å². The van der Waals surface area contributed by atoms with Gasteiger partial charge < -0.3 is 16.6 Å². The minimum absolute atomic E-state index is 0.649. The van der Waals surface area contributed by atoms with Crippen molar-refractivity contribution in [3.63, 3.8) is 0 Å². The van der Waals surface area contributed by atoms with Gasteiger partial charge in [-0.3, -0.25) is 4.99 Å². The molecule has 0 aromatic rings. The summed E-state index contributed by atoms with van der Waals surface area (Å²) in [7, 11) is 1.87. The van der Waals surface area contributed by atoms with E-state index in [9.17, 15) is 0 Å². The number of hydrogen-bond donors (Lipinski definition) is 3. The van der Waals surface area contributed by atoms with Gasteiger partial charge >= 0.3 is 0 Å². The molecule has 0 heterocycles. The minimum Gasteiger partial charge on any atom is -0.401 e. The van der Waals surface area contributed by atoms with E-state index >= 15 is 0 Å². The molecule has 0 atom stereocenters. The van der Waals surface area contributed by atoms with Crippen molar-refractivity contribution in [3.05, 3.63) is 109 Å². The third kappa shape index (κ3) is 22.5. The number of nitrogens with two attached hydrogens (primary N) is 1. The normalized spacial score (nSPS) is 13.6. The molecule has 0 aliphatic rings. The van der Waals surface area contributed by atoms with Gasteiger partial charge in [-0.05, 0) is 65.2 Å². The van der Waals surface area contributed by atoms with Crippen LogP contribution in [0.2, 0.25) is 0 Å². The van der Waals surface area contributed by atoms with Gasteiger partial charge in [0.05, 0.1) is 11.4 Å². The standard InChI is InChI=1S/C31H49N5/c1-7-8-9-10-11-12-13-14-15-16-17-18-19-20-21-22-23-24-25-26-29(3)34-36(6)35-31(5)30(4)33-27-28(2)32/h8-9,11-12,14-15,17-18,20-21,23-24,27,34-35H,3,5,7,10,13,16,19,22,25-26,32H2,1-2,4,6H3/b9-8-,12-11-,15-14-,18-17-,21-20-,24-23-,28-27-,33-30+. The molecule has 0 aromatic heterocycles. The Bertz CT molecular complexity index is 846. The fourth-order valence-electron chi connectivity index (χ4n) is 2.78. The Hall–Kier alpha value is -3.31. The molecule has 198 valence electrons. The Balaban J connectivity index is 3.88. The van der Waals surface area contributed by atoms with Crippen molar-refractivity contribution in [2.24, 2.45) is 10.7 Å². The SMILES string of the molecule is C=C(CC/C=C\C/C=C\C/C=C\C/C=C\C/C=C\C/C=C\CC)NN(C)NC(=C)/C(C)=N/C=C(/C)N. The molecule has 0 aliphatic carbocycles. The van der Waals surface area contributed by atoms with Gasteiger partial charge in [0.15, 0.2) is 0 Å². The molecule has 0 rings (SSSR count). The van der Waals surface area contributed by atoms with E-state index in [1.54, 1.807) is 18.2 Å². The van der Waals surface area contributed by atoms with Crippen LogP contribution in [0, 0.1) is 0 Å². The molecule has 5 heteroatoms. The van der Waals surface area contributed by atoms with Crippen molar-refractivity contribution in [1.82, 2.24) is 16.0 Å². The second-order valence-corrected chi connectivity index (χ2v) is 8.41. The molecule has 0 aromatic carbocycles. The average molecular weight is 492 g/mol. The highest BCUT2D eigenvalue weighted by Crippen LogP contribution is 2.02. The maximum absolute atomic E-state index is 5.60. The van der Waals surface area contributed by atoms with Crippen LogP contribution >= 0.6 is 0 Å². The Morgan fingerprint density at radius 3 is 1.64 bits per heavy atom. The van der Waals surface area contributed by atoms with Crippen LogP contribution in [-0.4, -0.2) is 17.9 Å². The van der Waals surface area contributed by atoms with Crippen molar-refractivity contribution < 1.29 is 0 Å². The summed E-state index contributed by atoms with van der Waals surface area (Å²) in [4.78, 5) is 4.25. The highest BCUT2D eigenvalue weighted by atomic mass is 15.7. The predicted molar refractivity (Wildman–Crippen MR) is 161 cm³/mol. The van der Waals surface area contributed by atoms with Crippen molar-refractivity contribution >= 4 is 5.71 Å². The number of nitrogens with one attached hydrogen (secondary N) is 2. The van der Waals surface area contributed by atoms with E-state index in [1.807, 2.05) is 14.0 Å². The summed E-state index contributed by atoms with van der Waals surface area (Å²) in [6, 6.07) is 0. The summed E-state index contributed by atoms with van der Waals surface area (Å²) >= 11 is 0. The average Bonchev–Trinajstić information content (AvgIpc) is 2.83. The van der Waals surface area contributed by atoms with Crippen LogP contribution in [0.1, 0.15) is 72.1 Å². The van der Waals surface area contributed by atoms with Gasteiger partial charge in [-0.25, -0.2) is 0 Å². The molecule has 0 aliphatic heterocycles. The van der Waals surface area contributed by atoms with E-state index in [0.717, 1.165) is 62.8 Å². The molecular formula is C31H49N5. The fourth-order valence-corrected chi connectivity index (χ4v) is 2.78. The second-order valence-electron chi connectivity index (χ2n) is 8.41. The van der Waals surface area contributed by atoms with E-state index < -0.39 is 0 Å². The molecule has 0 bridgehead atoms. The lowest BCUT2D eigenvalue weighted by Crippen LogP contribution is -2.44. The number of aliphatic imine (C=N–C) groups is 1. The fraction of sp³-hybridized carbons (Fsp3) is 0.387. The molecule has 0 unspecified atom stereocenters. The topological polar surface area (TPSA) is 65.7 Å². The van der Waals surface area contributed by atoms with Crippen LogP contribution < -0.4 is 16.6 Å². The molecule has 0 saturated heterocycles. The molecule has 0 radical (unpaired) electrons. The van der Waals surface area contributed by atoms with E-state index in [4.69, 9.17) is 5.73 Å². The maximum atomic E-state index is 5.60. The third-order valence-electron chi connectivity index (χ3n) is 4.74. The van der Waals surface area contributed by atoms with Gasteiger partial charge in [-0.2, -0.15) is 0 Å². The molecular weight excluding hydrogens is 442 g/mol. The summed E-state index contributed by atoms with van der Waals surface area (Å²) in [5, 5.41) is 1.73. The number of allylic oxidation sites excluding steroid dienone is 15. The third-order valence-corrected chi connectivity index (χ3v) is 4.74. The Kier molecular flexibility index (Phi) is 21.3. The van der Waals surface area contributed by atoms with Gasteiger partial charge in [0.25, 0.3) is 0 Å². The number of nitrogens with zero attached hydrogens (tertiary/aromatic N) is 2. The van der Waals surface area contributed by atoms with Crippen molar-refractivity contribution in [1.29, 1.82) is 0 Å². The van der Waals surface area contributed by atoms with Crippen molar-refractivity contribution in [2.45, 2.75) is 72.1 Å². The zero-order valence-electron chi connectivity index (χ0n) is 23.0. The number of hydrogen-bond acceptors (Lipinski definition) is 5. The molecule has 4 N–H and O–H groups in total. The van der Waals surface area contributed by atoms with E-state index in [1.165, 1.54) is 0 Å². The van der Waals surface area contributed by atoms with Crippen LogP contribution in [0.4, 0.5) is 0 Å². The zero-order valence-corrected chi connectivity index (χ0v) is 23.0. The molecule has 0 amide bonds. The van der Waals surface area contributed by atoms with E-state index in [0.29, 0.717) is 11.4 Å². The lowest BCUT2D eigenvalue weighted by atomic mass is 10.2. The van der Waals surface area contributed by atoms with Crippen molar-refractivity contribution in [2.75, 3.05) is 7.05 Å². The number of rotatable bonds is 20. The lowest BCUT2D eigenvalue weighted by Gasteiger charge is -2.23. The van der Waals surface area contributed by atoms with Crippen LogP contribution in [0.5, 0.6) is 0 Å². The summed E-state index contributed by atoms with van der Waals surface area (Å²) < 4.78 is 0. The van der Waals surface area contributed by atoms with Gasteiger partial charge in [-0.15, -0.1) is 5.12 Å². The first kappa shape index (κ1) is 32.7. The van der Waals surface area contributed by atoms with Crippen LogP contribution in [0.3, 0.4) is 0 Å². The van der Waals surface area contributed by atoms with Gasteiger partial charge in [0.1, 0.15) is 0 Å². The highest BCUT2D eigenvalue weighted by molar-refractivity contribution is 5.97. The smallest absolute Gasteiger partial charge is 0.0647 e. The predicted octanol–water partition coefficient (Wildman–Crippen LogP) is 7.71. The lowest BCUT2D eigenvalue weighted by molar-refractivity contribution is 0.203. The monoisotopic (exact) mass is 491 g/mol. The van der Waals surface area contributed by atoms with Gasteiger partial charge in [-0.1, -0.05) is 93.0 Å². The molecule has 5 nitrogen and oxygen atoms in total. The van der Waals surface area contributed by atoms with Crippen LogP contribution in [0.15, 0.2) is 114 Å². The zero-order chi connectivity index (χ0) is 26.9. The summed E-state index contributed by atoms with van der Waals surface area (Å²) in [5.41, 5.74) is 14.9. The number of hydrazine groups is 2. The molecule has 36 heavy (non-hydrogen) atoms. The van der Waals surface area contributed by atoms with Gasteiger partial charge in [0, 0.05) is 24.6 Å². The Morgan fingerprint density at radius 2 is 1.19 bits per heavy atom. The first-order valence-electron chi connectivity index (χ1n) is 12.9. The van der Waals surface area contributed by atoms with E-state index in [2.05, 4.69) is 109 Å². The first-order chi connectivity index (χ1) is 17.4. The minimum atomic E-state index is 0.649. The van der Waals surface area contributed by atoms with Crippen LogP contribution in [0.25, 0.3) is 0 Å². The Morgan fingerprint density at radius 1 is 0.750 bits per heavy atom. The molecule has 0 fully saturated rings. The summed E-state index contributed by atoms with van der Waals surface area (Å²) in [6.07, 6.45) is 36.0. The largest absolute Gasteiger partial charge is 0.401 e. The first-order valence-corrected chi connectivity index (χ1v) is 12.9. The molecule has 0 saturated carbocycles.